The lowest BCUT2D eigenvalue weighted by Gasteiger charge is -2.14. The second kappa shape index (κ2) is 7.05. The average molecular weight is 257 g/mol. The van der Waals surface area contributed by atoms with Gasteiger partial charge in [0.1, 0.15) is 5.82 Å². The molecule has 100 valence electrons. The van der Waals surface area contributed by atoms with Crippen LogP contribution in [0.25, 0.3) is 0 Å². The number of nitrogens with one attached hydrogen (secondary N) is 1. The van der Waals surface area contributed by atoms with Crippen molar-refractivity contribution in [1.82, 2.24) is 5.32 Å². The number of aryl methyl sites for hydroxylation is 1. The Labute approximate surface area is 114 Å². The van der Waals surface area contributed by atoms with Crippen molar-refractivity contribution in [3.05, 3.63) is 71.5 Å². The zero-order chi connectivity index (χ0) is 13.5. The highest BCUT2D eigenvalue weighted by Gasteiger charge is 2.04. The fraction of sp³-hybridized carbons (Fsp3) is 0.294. The third-order valence-corrected chi connectivity index (χ3v) is 3.31. The van der Waals surface area contributed by atoms with Crippen molar-refractivity contribution in [3.8, 4) is 0 Å². The summed E-state index contributed by atoms with van der Waals surface area (Å²) in [6.45, 7) is 3.07. The molecule has 1 atom stereocenters. The molecule has 1 unspecified atom stereocenters. The summed E-state index contributed by atoms with van der Waals surface area (Å²) >= 11 is 0. The molecule has 0 fully saturated rings. The van der Waals surface area contributed by atoms with E-state index in [1.54, 1.807) is 0 Å². The van der Waals surface area contributed by atoms with Gasteiger partial charge in [0.2, 0.25) is 0 Å². The van der Waals surface area contributed by atoms with E-state index in [1.807, 2.05) is 18.2 Å². The highest BCUT2D eigenvalue weighted by Crippen LogP contribution is 2.12. The normalized spacial score (nSPS) is 12.3. The number of halogens is 1. The van der Waals surface area contributed by atoms with E-state index < -0.39 is 0 Å². The van der Waals surface area contributed by atoms with Gasteiger partial charge in [-0.15, -0.1) is 0 Å². The molecule has 0 amide bonds. The topological polar surface area (TPSA) is 12.0 Å². The third kappa shape index (κ3) is 4.49. The Morgan fingerprint density at radius 2 is 1.68 bits per heavy atom. The van der Waals surface area contributed by atoms with Gasteiger partial charge < -0.3 is 5.32 Å². The van der Waals surface area contributed by atoms with Gasteiger partial charge in [-0.2, -0.15) is 0 Å². The van der Waals surface area contributed by atoms with Crippen molar-refractivity contribution in [1.29, 1.82) is 0 Å². The highest BCUT2D eigenvalue weighted by molar-refractivity contribution is 5.19. The van der Waals surface area contributed by atoms with Crippen LogP contribution in [-0.4, -0.2) is 6.54 Å². The third-order valence-electron chi connectivity index (χ3n) is 3.31. The molecular weight excluding hydrogens is 237 g/mol. The van der Waals surface area contributed by atoms with Crippen LogP contribution in [0.1, 0.15) is 30.5 Å². The van der Waals surface area contributed by atoms with Gasteiger partial charge in [-0.3, -0.25) is 0 Å². The van der Waals surface area contributed by atoms with Gasteiger partial charge in [0, 0.05) is 6.04 Å². The molecule has 1 nitrogen and oxygen atoms in total. The van der Waals surface area contributed by atoms with E-state index in [2.05, 4.69) is 36.5 Å². The van der Waals surface area contributed by atoms with Crippen LogP contribution in [0, 0.1) is 5.82 Å². The van der Waals surface area contributed by atoms with Gasteiger partial charge in [-0.25, -0.2) is 4.39 Å². The lowest BCUT2D eigenvalue weighted by atomic mass is 10.1. The maximum atomic E-state index is 12.8. The van der Waals surface area contributed by atoms with Crippen molar-refractivity contribution in [3.63, 3.8) is 0 Å². The lowest BCUT2D eigenvalue weighted by Crippen LogP contribution is -2.20. The SMILES string of the molecule is CC(NCCCc1ccccc1)c1ccc(F)cc1. The van der Waals surface area contributed by atoms with Crippen molar-refractivity contribution in [2.45, 2.75) is 25.8 Å². The quantitative estimate of drug-likeness (QED) is 0.768. The van der Waals surface area contributed by atoms with E-state index in [0.29, 0.717) is 0 Å². The van der Waals surface area contributed by atoms with Gasteiger partial charge in [-0.05, 0) is 49.6 Å². The molecule has 0 saturated carbocycles. The van der Waals surface area contributed by atoms with Gasteiger partial charge in [0.15, 0.2) is 0 Å². The van der Waals surface area contributed by atoms with Crippen molar-refractivity contribution in [2.75, 3.05) is 6.54 Å². The first-order chi connectivity index (χ1) is 9.25. The monoisotopic (exact) mass is 257 g/mol. The molecule has 0 aliphatic heterocycles. The van der Waals surface area contributed by atoms with Crippen LogP contribution in [0.3, 0.4) is 0 Å². The highest BCUT2D eigenvalue weighted by atomic mass is 19.1. The second-order valence-electron chi connectivity index (χ2n) is 4.82. The van der Waals surface area contributed by atoms with Crippen LogP contribution in [0.4, 0.5) is 4.39 Å². The number of hydrogen-bond acceptors (Lipinski definition) is 1. The van der Waals surface area contributed by atoms with E-state index in [0.717, 1.165) is 24.9 Å². The summed E-state index contributed by atoms with van der Waals surface area (Å²) in [5, 5.41) is 3.47. The standard InChI is InChI=1S/C17H20FN/c1-14(16-9-11-17(18)12-10-16)19-13-5-8-15-6-3-2-4-7-15/h2-4,6-7,9-12,14,19H,5,8,13H2,1H3. The predicted octanol–water partition coefficient (Wildman–Crippen LogP) is 4.11. The minimum Gasteiger partial charge on any atom is -0.310 e. The molecule has 0 aliphatic rings. The first-order valence-electron chi connectivity index (χ1n) is 6.78. The van der Waals surface area contributed by atoms with Crippen LogP contribution in [-0.2, 0) is 6.42 Å². The van der Waals surface area contributed by atoms with E-state index in [1.165, 1.54) is 17.7 Å². The molecule has 1 N–H and O–H groups in total. The molecule has 0 aromatic heterocycles. The summed E-state index contributed by atoms with van der Waals surface area (Å²) in [4.78, 5) is 0. The zero-order valence-corrected chi connectivity index (χ0v) is 11.3. The molecule has 0 saturated heterocycles. The van der Waals surface area contributed by atoms with Crippen LogP contribution in [0.2, 0.25) is 0 Å². The van der Waals surface area contributed by atoms with E-state index in [9.17, 15) is 4.39 Å². The number of benzene rings is 2. The van der Waals surface area contributed by atoms with Gasteiger partial charge in [-0.1, -0.05) is 42.5 Å². The molecule has 0 aliphatic carbocycles. The Morgan fingerprint density at radius 3 is 2.37 bits per heavy atom. The van der Waals surface area contributed by atoms with Crippen LogP contribution in [0.15, 0.2) is 54.6 Å². The summed E-state index contributed by atoms with van der Waals surface area (Å²) in [6, 6.07) is 17.5. The van der Waals surface area contributed by atoms with E-state index in [4.69, 9.17) is 0 Å². The van der Waals surface area contributed by atoms with Crippen LogP contribution in [0.5, 0.6) is 0 Å². The molecule has 0 spiro atoms. The Morgan fingerprint density at radius 1 is 1.00 bits per heavy atom. The van der Waals surface area contributed by atoms with Crippen LogP contribution < -0.4 is 5.32 Å². The van der Waals surface area contributed by atoms with E-state index in [-0.39, 0.29) is 11.9 Å². The number of rotatable bonds is 6. The molecule has 2 aromatic carbocycles. The Hall–Kier alpha value is -1.67. The molecule has 2 rings (SSSR count). The summed E-state index contributed by atoms with van der Waals surface area (Å²) in [5.74, 6) is -0.181. The summed E-state index contributed by atoms with van der Waals surface area (Å²) < 4.78 is 12.8. The molecule has 0 radical (unpaired) electrons. The van der Waals surface area contributed by atoms with Crippen molar-refractivity contribution < 1.29 is 4.39 Å². The maximum Gasteiger partial charge on any atom is 0.123 e. The molecule has 0 bridgehead atoms. The first-order valence-corrected chi connectivity index (χ1v) is 6.78. The lowest BCUT2D eigenvalue weighted by molar-refractivity contribution is 0.556. The summed E-state index contributed by atoms with van der Waals surface area (Å²) in [5.41, 5.74) is 2.50. The van der Waals surface area contributed by atoms with Gasteiger partial charge >= 0.3 is 0 Å². The number of hydrogen-bond donors (Lipinski definition) is 1. The second-order valence-corrected chi connectivity index (χ2v) is 4.82. The molecule has 2 aromatic rings. The molecule has 2 heteroatoms. The van der Waals surface area contributed by atoms with Gasteiger partial charge in [0.05, 0.1) is 0 Å². The molecule has 0 heterocycles. The van der Waals surface area contributed by atoms with Crippen molar-refractivity contribution in [2.24, 2.45) is 0 Å². The maximum absolute atomic E-state index is 12.8. The smallest absolute Gasteiger partial charge is 0.123 e. The molecule has 19 heavy (non-hydrogen) atoms. The van der Waals surface area contributed by atoms with Crippen LogP contribution >= 0.6 is 0 Å². The van der Waals surface area contributed by atoms with E-state index >= 15 is 0 Å². The minimum absolute atomic E-state index is 0.181. The molecular formula is C17H20FN. The zero-order valence-electron chi connectivity index (χ0n) is 11.3. The Bertz CT molecular complexity index is 478. The van der Waals surface area contributed by atoms with Crippen molar-refractivity contribution >= 4 is 0 Å². The largest absolute Gasteiger partial charge is 0.310 e. The predicted molar refractivity (Wildman–Crippen MR) is 77.6 cm³/mol. The Balaban J connectivity index is 1.72. The first kappa shape index (κ1) is 13.8. The Kier molecular flexibility index (Phi) is 5.10. The fourth-order valence-electron chi connectivity index (χ4n) is 2.13. The van der Waals surface area contributed by atoms with Gasteiger partial charge in [0.25, 0.3) is 0 Å². The fourth-order valence-corrected chi connectivity index (χ4v) is 2.13. The summed E-state index contributed by atoms with van der Waals surface area (Å²) in [7, 11) is 0. The minimum atomic E-state index is -0.181. The summed E-state index contributed by atoms with van der Waals surface area (Å²) in [6.07, 6.45) is 2.19. The average Bonchev–Trinajstić information content (AvgIpc) is 2.45.